The number of benzene rings is 2. The molecule has 0 aromatic heterocycles. The number of hydrogen-bond acceptors (Lipinski definition) is 6. The van der Waals surface area contributed by atoms with Crippen LogP contribution in [-0.4, -0.2) is 57.0 Å². The number of hydrogen-bond donors (Lipinski definition) is 5. The number of rotatable bonds is 13. The Bertz CT molecular complexity index is 1280. The van der Waals surface area contributed by atoms with Crippen LogP contribution in [0.15, 0.2) is 60.7 Å². The number of alkyl carbamates (subject to hydrolysis) is 1. The van der Waals surface area contributed by atoms with Gasteiger partial charge in [0.15, 0.2) is 0 Å². The molecule has 0 fully saturated rings. The van der Waals surface area contributed by atoms with Crippen molar-refractivity contribution in [1.29, 1.82) is 0 Å². The first-order valence-electron chi connectivity index (χ1n) is 13.7. The molecule has 0 heterocycles. The summed E-state index contributed by atoms with van der Waals surface area (Å²) in [5, 5.41) is 20.1. The van der Waals surface area contributed by atoms with Gasteiger partial charge in [-0.2, -0.15) is 0 Å². The van der Waals surface area contributed by atoms with Gasteiger partial charge in [-0.05, 0) is 59.1 Å². The highest BCUT2D eigenvalue weighted by Crippen LogP contribution is 2.22. The maximum atomic E-state index is 13.6. The predicted molar refractivity (Wildman–Crippen MR) is 157 cm³/mol. The summed E-state index contributed by atoms with van der Waals surface area (Å²) in [6.45, 7) is 10.3. The second kappa shape index (κ2) is 13.5. The zero-order valence-electron chi connectivity index (χ0n) is 25.3. The SMILES string of the molecule is CC[C@](Cc1ccccc1)(NC(=O)C(C)(C)NC(=O)C(C)(C)NC(=O)OCc1ccccc1)C(=O)NC(C)(C)C(=O)O. The van der Waals surface area contributed by atoms with Gasteiger partial charge in [-0.15, -0.1) is 0 Å². The zero-order chi connectivity index (χ0) is 31.8. The van der Waals surface area contributed by atoms with Crippen LogP contribution in [0.2, 0.25) is 0 Å². The Morgan fingerprint density at radius 1 is 0.643 bits per heavy atom. The number of ether oxygens (including phenoxy) is 1. The molecule has 0 saturated heterocycles. The van der Waals surface area contributed by atoms with E-state index in [0.29, 0.717) is 0 Å². The van der Waals surface area contributed by atoms with E-state index in [2.05, 4.69) is 21.3 Å². The van der Waals surface area contributed by atoms with Crippen LogP contribution < -0.4 is 21.3 Å². The first kappa shape index (κ1) is 33.8. The highest BCUT2D eigenvalue weighted by atomic mass is 16.5. The fourth-order valence-electron chi connectivity index (χ4n) is 3.90. The van der Waals surface area contributed by atoms with Gasteiger partial charge in [0.1, 0.15) is 28.8 Å². The summed E-state index contributed by atoms with van der Waals surface area (Å²) in [6.07, 6.45) is -0.617. The number of amides is 4. The first-order valence-corrected chi connectivity index (χ1v) is 13.7. The van der Waals surface area contributed by atoms with Gasteiger partial charge >= 0.3 is 12.1 Å². The lowest BCUT2D eigenvalue weighted by Crippen LogP contribution is -2.69. The molecule has 2 aromatic carbocycles. The van der Waals surface area contributed by atoms with Crippen LogP contribution in [0.3, 0.4) is 0 Å². The van der Waals surface area contributed by atoms with Crippen LogP contribution in [0.25, 0.3) is 0 Å². The van der Waals surface area contributed by atoms with E-state index >= 15 is 0 Å². The van der Waals surface area contributed by atoms with E-state index in [1.54, 1.807) is 43.3 Å². The summed E-state index contributed by atoms with van der Waals surface area (Å²) >= 11 is 0. The summed E-state index contributed by atoms with van der Waals surface area (Å²) in [6, 6.07) is 18.0. The maximum Gasteiger partial charge on any atom is 0.408 e. The lowest BCUT2D eigenvalue weighted by molar-refractivity contribution is -0.148. The lowest BCUT2D eigenvalue weighted by Gasteiger charge is -2.39. The smallest absolute Gasteiger partial charge is 0.408 e. The fraction of sp³-hybridized carbons (Fsp3) is 0.452. The molecule has 1 atom stereocenters. The first-order chi connectivity index (χ1) is 19.4. The van der Waals surface area contributed by atoms with E-state index in [0.717, 1.165) is 11.1 Å². The van der Waals surface area contributed by atoms with Crippen molar-refractivity contribution < 1.29 is 33.8 Å². The standard InChI is InChI=1S/C31H42N4O7/c1-8-31(19-21-15-11-9-12-16-21,25(38)33-30(6,7)26(39)40)34-24(37)28(2,3)32-23(36)29(4,5)35-27(41)42-20-22-17-13-10-14-18-22/h9-18H,8,19-20H2,1-7H3,(H,32,36)(H,33,38)(H,34,37)(H,35,41)(H,39,40)/t31-/m1/s1. The van der Waals surface area contributed by atoms with Crippen molar-refractivity contribution in [3.8, 4) is 0 Å². The summed E-state index contributed by atoms with van der Waals surface area (Å²) in [7, 11) is 0. The number of carbonyl (C=O) groups excluding carboxylic acids is 4. The molecule has 5 N–H and O–H groups in total. The van der Waals surface area contributed by atoms with Crippen molar-refractivity contribution in [2.75, 3.05) is 0 Å². The molecule has 0 aliphatic heterocycles. The van der Waals surface area contributed by atoms with Crippen LogP contribution in [0.1, 0.15) is 66.0 Å². The van der Waals surface area contributed by atoms with E-state index in [1.807, 2.05) is 24.3 Å². The average Bonchev–Trinajstić information content (AvgIpc) is 2.91. The van der Waals surface area contributed by atoms with Gasteiger partial charge in [-0.1, -0.05) is 67.6 Å². The minimum Gasteiger partial charge on any atom is -0.480 e. The summed E-state index contributed by atoms with van der Waals surface area (Å²) in [5.41, 5.74) is -4.62. The Morgan fingerprint density at radius 2 is 1.10 bits per heavy atom. The molecule has 11 nitrogen and oxygen atoms in total. The predicted octanol–water partition coefficient (Wildman–Crippen LogP) is 3.07. The third kappa shape index (κ3) is 9.05. The molecule has 2 aromatic rings. The van der Waals surface area contributed by atoms with E-state index < -0.39 is 51.9 Å². The number of carboxylic acids is 1. The summed E-state index contributed by atoms with van der Waals surface area (Å²) < 4.78 is 5.22. The van der Waals surface area contributed by atoms with Crippen LogP contribution in [0, 0.1) is 0 Å². The second-order valence-corrected chi connectivity index (χ2v) is 11.8. The zero-order valence-corrected chi connectivity index (χ0v) is 25.3. The molecule has 0 spiro atoms. The second-order valence-electron chi connectivity index (χ2n) is 11.8. The molecule has 0 bridgehead atoms. The molecule has 0 unspecified atom stereocenters. The molecule has 42 heavy (non-hydrogen) atoms. The molecule has 0 aliphatic carbocycles. The number of aliphatic carboxylic acids is 1. The number of carboxylic acid groups (broad SMARTS) is 1. The molecule has 228 valence electrons. The van der Waals surface area contributed by atoms with Crippen molar-refractivity contribution in [3.63, 3.8) is 0 Å². The molecule has 0 saturated carbocycles. The van der Waals surface area contributed by atoms with Crippen LogP contribution in [-0.2, 0) is 36.9 Å². The normalized spacial score (nSPS) is 13.2. The minimum atomic E-state index is -1.60. The van der Waals surface area contributed by atoms with Crippen molar-refractivity contribution >= 4 is 29.8 Å². The fourth-order valence-corrected chi connectivity index (χ4v) is 3.90. The molecular weight excluding hydrogens is 540 g/mol. The van der Waals surface area contributed by atoms with Crippen LogP contribution in [0.5, 0.6) is 0 Å². The molecular formula is C31H42N4O7. The van der Waals surface area contributed by atoms with Crippen LogP contribution >= 0.6 is 0 Å². The van der Waals surface area contributed by atoms with Crippen LogP contribution in [0.4, 0.5) is 4.79 Å². The minimum absolute atomic E-state index is 0.0134. The van der Waals surface area contributed by atoms with Gasteiger partial charge < -0.3 is 31.1 Å². The number of nitrogens with one attached hydrogen (secondary N) is 4. The molecule has 2 rings (SSSR count). The highest BCUT2D eigenvalue weighted by molar-refractivity contribution is 5.99. The third-order valence-electron chi connectivity index (χ3n) is 6.89. The average molecular weight is 583 g/mol. The molecule has 0 aliphatic rings. The van der Waals surface area contributed by atoms with E-state index in [1.165, 1.54) is 41.5 Å². The largest absolute Gasteiger partial charge is 0.480 e. The quantitative estimate of drug-likeness (QED) is 0.242. The Kier molecular flexibility index (Phi) is 10.9. The Labute approximate surface area is 246 Å². The Balaban J connectivity index is 2.20. The van der Waals surface area contributed by atoms with Gasteiger partial charge in [0.05, 0.1) is 0 Å². The van der Waals surface area contributed by atoms with Gasteiger partial charge in [0, 0.05) is 6.42 Å². The van der Waals surface area contributed by atoms with Crippen molar-refractivity contribution in [3.05, 3.63) is 71.8 Å². The van der Waals surface area contributed by atoms with Crippen molar-refractivity contribution in [1.82, 2.24) is 21.3 Å². The summed E-state index contributed by atoms with van der Waals surface area (Å²) in [4.78, 5) is 64.6. The van der Waals surface area contributed by atoms with Crippen molar-refractivity contribution in [2.45, 2.75) is 90.1 Å². The van der Waals surface area contributed by atoms with Gasteiger partial charge in [0.25, 0.3) is 0 Å². The molecule has 11 heteroatoms. The highest BCUT2D eigenvalue weighted by Gasteiger charge is 2.45. The van der Waals surface area contributed by atoms with Gasteiger partial charge in [0.2, 0.25) is 17.7 Å². The van der Waals surface area contributed by atoms with Gasteiger partial charge in [-0.3, -0.25) is 14.4 Å². The topological polar surface area (TPSA) is 163 Å². The lowest BCUT2D eigenvalue weighted by atomic mass is 9.84. The maximum absolute atomic E-state index is 13.6. The number of carbonyl (C=O) groups is 5. The van der Waals surface area contributed by atoms with Gasteiger partial charge in [-0.25, -0.2) is 9.59 Å². The third-order valence-corrected chi connectivity index (χ3v) is 6.89. The Morgan fingerprint density at radius 3 is 1.60 bits per heavy atom. The monoisotopic (exact) mass is 582 g/mol. The molecule has 0 radical (unpaired) electrons. The van der Waals surface area contributed by atoms with E-state index in [4.69, 9.17) is 4.74 Å². The summed E-state index contributed by atoms with van der Waals surface area (Å²) in [5.74, 6) is -3.27. The molecule has 4 amide bonds. The Hall–Kier alpha value is -4.41. The van der Waals surface area contributed by atoms with E-state index in [9.17, 15) is 29.1 Å². The van der Waals surface area contributed by atoms with E-state index in [-0.39, 0.29) is 19.4 Å². The van der Waals surface area contributed by atoms with Crippen molar-refractivity contribution in [2.24, 2.45) is 0 Å².